The molecule has 7 nitrogen and oxygen atoms in total. The molecule has 0 bridgehead atoms. The number of sulfone groups is 1. The summed E-state index contributed by atoms with van der Waals surface area (Å²) < 4.78 is 23.8. The van der Waals surface area contributed by atoms with Gasteiger partial charge in [-0.15, -0.1) is 10.2 Å². The molecule has 25 heavy (non-hydrogen) atoms. The number of hydrogen-bond acceptors (Lipinski definition) is 8. The number of nitrogens with one attached hydrogen (secondary N) is 1. The van der Waals surface area contributed by atoms with Crippen LogP contribution in [-0.4, -0.2) is 59.8 Å². The molecule has 1 aliphatic heterocycles. The number of aromatic nitrogens is 2. The smallest absolute Gasteiger partial charge is 0.233 e. The fraction of sp³-hybridized carbons (Fsp3) is 0.400. The Morgan fingerprint density at radius 2 is 2.12 bits per heavy atom. The van der Waals surface area contributed by atoms with E-state index in [0.717, 1.165) is 5.69 Å². The van der Waals surface area contributed by atoms with Gasteiger partial charge in [0.15, 0.2) is 14.2 Å². The molecule has 1 aromatic heterocycles. The highest BCUT2D eigenvalue weighted by atomic mass is 32.2. The summed E-state index contributed by atoms with van der Waals surface area (Å²) >= 11 is 2.69. The minimum absolute atomic E-state index is 0.0594. The lowest BCUT2D eigenvalue weighted by Crippen LogP contribution is -2.38. The van der Waals surface area contributed by atoms with Gasteiger partial charge in [0, 0.05) is 18.8 Å². The molecule has 1 aromatic carbocycles. The standard InChI is InChI=1S/C15H18N4O3S3/c1-19(12-7-8-25(21,22)10-12)13(20)9-23-15-18-17-14(24-15)16-11-5-3-2-4-6-11/h2-6,12H,7-10H2,1H3,(H,16,17)/t12-/m0/s1. The first-order valence-electron chi connectivity index (χ1n) is 7.67. The summed E-state index contributed by atoms with van der Waals surface area (Å²) in [5.41, 5.74) is 0.924. The molecule has 1 aliphatic rings. The molecule has 2 heterocycles. The van der Waals surface area contributed by atoms with Crippen molar-refractivity contribution in [3.05, 3.63) is 30.3 Å². The minimum Gasteiger partial charge on any atom is -0.341 e. The molecule has 1 N–H and O–H groups in total. The average molecular weight is 399 g/mol. The normalized spacial score (nSPS) is 18.8. The zero-order chi connectivity index (χ0) is 17.9. The second-order valence-corrected chi connectivity index (χ2v) is 10.1. The third-order valence-electron chi connectivity index (χ3n) is 3.90. The Labute approximate surface area is 154 Å². The third-order valence-corrected chi connectivity index (χ3v) is 7.61. The van der Waals surface area contributed by atoms with Gasteiger partial charge >= 0.3 is 0 Å². The molecule has 1 amide bonds. The highest BCUT2D eigenvalue weighted by Crippen LogP contribution is 2.28. The van der Waals surface area contributed by atoms with Gasteiger partial charge in [-0.25, -0.2) is 8.42 Å². The van der Waals surface area contributed by atoms with Gasteiger partial charge in [-0.05, 0) is 18.6 Å². The summed E-state index contributed by atoms with van der Waals surface area (Å²) in [4.78, 5) is 13.8. The number of carbonyl (C=O) groups excluding carboxylic acids is 1. The molecule has 3 rings (SSSR count). The SMILES string of the molecule is CN(C(=O)CSc1nnc(Nc2ccccc2)s1)[C@H]1CCS(=O)(=O)C1. The van der Waals surface area contributed by atoms with Crippen molar-refractivity contribution in [2.24, 2.45) is 0 Å². The maximum atomic E-state index is 12.3. The third kappa shape index (κ3) is 4.93. The number of thioether (sulfide) groups is 1. The Balaban J connectivity index is 1.51. The lowest BCUT2D eigenvalue weighted by atomic mass is 10.2. The van der Waals surface area contributed by atoms with E-state index in [1.165, 1.54) is 23.1 Å². The second kappa shape index (κ2) is 7.71. The van der Waals surface area contributed by atoms with Crippen LogP contribution in [-0.2, 0) is 14.6 Å². The van der Waals surface area contributed by atoms with Crippen LogP contribution in [0.5, 0.6) is 0 Å². The molecule has 1 saturated heterocycles. The summed E-state index contributed by atoms with van der Waals surface area (Å²) in [6.45, 7) is 0. The second-order valence-electron chi connectivity index (χ2n) is 5.71. The molecule has 0 spiro atoms. The molecule has 10 heteroatoms. The van der Waals surface area contributed by atoms with Crippen LogP contribution in [0.4, 0.5) is 10.8 Å². The van der Waals surface area contributed by atoms with Crippen molar-refractivity contribution < 1.29 is 13.2 Å². The Hall–Kier alpha value is -1.65. The lowest BCUT2D eigenvalue weighted by Gasteiger charge is -2.22. The number of carbonyl (C=O) groups is 1. The van der Waals surface area contributed by atoms with E-state index in [2.05, 4.69) is 15.5 Å². The van der Waals surface area contributed by atoms with E-state index in [1.807, 2.05) is 30.3 Å². The van der Waals surface area contributed by atoms with Crippen molar-refractivity contribution in [3.8, 4) is 0 Å². The molecule has 1 fully saturated rings. The van der Waals surface area contributed by atoms with Crippen LogP contribution >= 0.6 is 23.1 Å². The number of para-hydroxylation sites is 1. The van der Waals surface area contributed by atoms with Gasteiger partial charge in [0.1, 0.15) is 0 Å². The van der Waals surface area contributed by atoms with E-state index in [9.17, 15) is 13.2 Å². The van der Waals surface area contributed by atoms with E-state index >= 15 is 0 Å². The van der Waals surface area contributed by atoms with E-state index in [-0.39, 0.29) is 29.2 Å². The maximum Gasteiger partial charge on any atom is 0.233 e. The monoisotopic (exact) mass is 398 g/mol. The maximum absolute atomic E-state index is 12.3. The molecule has 0 radical (unpaired) electrons. The van der Waals surface area contributed by atoms with Gasteiger partial charge in [0.2, 0.25) is 11.0 Å². The molecule has 0 aliphatic carbocycles. The molecule has 0 saturated carbocycles. The van der Waals surface area contributed by atoms with E-state index < -0.39 is 9.84 Å². The van der Waals surface area contributed by atoms with Gasteiger partial charge in [0.25, 0.3) is 0 Å². The van der Waals surface area contributed by atoms with Gasteiger partial charge in [-0.1, -0.05) is 41.3 Å². The fourth-order valence-corrected chi connectivity index (χ4v) is 5.94. The topological polar surface area (TPSA) is 92.3 Å². The van der Waals surface area contributed by atoms with Crippen molar-refractivity contribution in [1.29, 1.82) is 0 Å². The quantitative estimate of drug-likeness (QED) is 0.744. The molecular formula is C15H18N4O3S3. The number of benzene rings is 1. The minimum atomic E-state index is -3.00. The van der Waals surface area contributed by atoms with Crippen molar-refractivity contribution in [3.63, 3.8) is 0 Å². The van der Waals surface area contributed by atoms with Crippen molar-refractivity contribution >= 4 is 49.7 Å². The predicted molar refractivity (Wildman–Crippen MR) is 100 cm³/mol. The fourth-order valence-electron chi connectivity index (χ4n) is 2.47. The Morgan fingerprint density at radius 3 is 2.80 bits per heavy atom. The van der Waals surface area contributed by atoms with E-state index in [4.69, 9.17) is 0 Å². The van der Waals surface area contributed by atoms with Crippen LogP contribution < -0.4 is 5.32 Å². The van der Waals surface area contributed by atoms with Crippen LogP contribution in [0.2, 0.25) is 0 Å². The van der Waals surface area contributed by atoms with Crippen molar-refractivity contribution in [2.45, 2.75) is 16.8 Å². The van der Waals surface area contributed by atoms with Crippen LogP contribution in [0.15, 0.2) is 34.7 Å². The number of anilines is 2. The van der Waals surface area contributed by atoms with Gasteiger partial charge < -0.3 is 10.2 Å². The predicted octanol–water partition coefficient (Wildman–Crippen LogP) is 2.02. The first-order chi connectivity index (χ1) is 11.9. The van der Waals surface area contributed by atoms with E-state index in [0.29, 0.717) is 15.9 Å². The van der Waals surface area contributed by atoms with Crippen molar-refractivity contribution in [1.82, 2.24) is 15.1 Å². The first kappa shape index (κ1) is 18.2. The van der Waals surface area contributed by atoms with Crippen LogP contribution in [0.1, 0.15) is 6.42 Å². The molecular weight excluding hydrogens is 380 g/mol. The van der Waals surface area contributed by atoms with Crippen molar-refractivity contribution in [2.75, 3.05) is 29.6 Å². The largest absolute Gasteiger partial charge is 0.341 e. The summed E-state index contributed by atoms with van der Waals surface area (Å²) in [7, 11) is -1.33. The van der Waals surface area contributed by atoms with E-state index in [1.54, 1.807) is 11.9 Å². The number of amides is 1. The Kier molecular flexibility index (Phi) is 5.60. The summed E-state index contributed by atoms with van der Waals surface area (Å²) in [6, 6.07) is 9.44. The first-order valence-corrected chi connectivity index (χ1v) is 11.3. The molecule has 0 unspecified atom stereocenters. The highest BCUT2D eigenvalue weighted by Gasteiger charge is 2.32. The van der Waals surface area contributed by atoms with Gasteiger partial charge in [-0.3, -0.25) is 4.79 Å². The Morgan fingerprint density at radius 1 is 1.36 bits per heavy atom. The number of hydrogen-bond donors (Lipinski definition) is 1. The van der Waals surface area contributed by atoms with Crippen LogP contribution in [0.25, 0.3) is 0 Å². The summed E-state index contributed by atoms with van der Waals surface area (Å²) in [5.74, 6) is 0.337. The number of rotatable bonds is 6. The van der Waals surface area contributed by atoms with Crippen LogP contribution in [0.3, 0.4) is 0 Å². The summed E-state index contributed by atoms with van der Waals surface area (Å²) in [6.07, 6.45) is 0.513. The Bertz CT molecular complexity index is 839. The van der Waals surface area contributed by atoms with Gasteiger partial charge in [0.05, 0.1) is 17.3 Å². The highest BCUT2D eigenvalue weighted by molar-refractivity contribution is 8.01. The molecule has 1 atom stereocenters. The average Bonchev–Trinajstić information content (AvgIpc) is 3.19. The number of nitrogens with zero attached hydrogens (tertiary/aromatic N) is 3. The zero-order valence-corrected chi connectivity index (χ0v) is 16.0. The van der Waals surface area contributed by atoms with Gasteiger partial charge in [-0.2, -0.15) is 0 Å². The molecule has 134 valence electrons. The molecule has 2 aromatic rings. The van der Waals surface area contributed by atoms with Crippen LogP contribution in [0, 0.1) is 0 Å². The zero-order valence-electron chi connectivity index (χ0n) is 13.6. The lowest BCUT2D eigenvalue weighted by molar-refractivity contribution is -0.128. The summed E-state index contributed by atoms with van der Waals surface area (Å²) in [5, 5.41) is 12.0.